The van der Waals surface area contributed by atoms with E-state index in [2.05, 4.69) is 4.98 Å². The van der Waals surface area contributed by atoms with Crippen molar-refractivity contribution in [1.29, 1.82) is 0 Å². The van der Waals surface area contributed by atoms with Crippen LogP contribution < -0.4 is 16.0 Å². The maximum absolute atomic E-state index is 13.5. The van der Waals surface area contributed by atoms with Crippen LogP contribution in [0.5, 0.6) is 5.75 Å². The van der Waals surface area contributed by atoms with Crippen molar-refractivity contribution in [1.82, 2.24) is 4.98 Å². The van der Waals surface area contributed by atoms with Gasteiger partial charge in [0.1, 0.15) is 12.4 Å². The fourth-order valence-electron chi connectivity index (χ4n) is 2.44. The number of H-pyrrole nitrogens is 1. The predicted octanol–water partition coefficient (Wildman–Crippen LogP) is 3.37. The second kappa shape index (κ2) is 7.58. The summed E-state index contributed by atoms with van der Waals surface area (Å²) in [5, 5.41) is 0.446. The number of aromatic amines is 1. The van der Waals surface area contributed by atoms with Crippen molar-refractivity contribution in [3.05, 3.63) is 64.2 Å². The summed E-state index contributed by atoms with van der Waals surface area (Å²) in [6.45, 7) is 0.341. The standard InChI is InChI=1S/C17H13F3N2O2.ClH/c18-10-2-3-11-12(8-10)17(23)22-15(16(11)24-6-5-21)9-1-4-13(19)14(20)7-9;/h1-4,7-8H,5-6,21H2,(H,22,23);1H. The lowest BCUT2D eigenvalue weighted by molar-refractivity contribution is 0.332. The molecule has 0 spiro atoms. The molecule has 0 radical (unpaired) electrons. The van der Waals surface area contributed by atoms with Gasteiger partial charge in [-0.1, -0.05) is 0 Å². The lowest BCUT2D eigenvalue weighted by atomic mass is 10.1. The first kappa shape index (κ1) is 18.8. The second-order valence-corrected chi connectivity index (χ2v) is 5.11. The number of benzene rings is 2. The number of nitrogens with one attached hydrogen (secondary N) is 1. The number of nitrogens with two attached hydrogens (primary N) is 1. The highest BCUT2D eigenvalue weighted by Crippen LogP contribution is 2.34. The first-order valence-corrected chi connectivity index (χ1v) is 7.15. The van der Waals surface area contributed by atoms with Crippen LogP contribution in [0.3, 0.4) is 0 Å². The number of fused-ring (bicyclic) bond motifs is 1. The molecule has 8 heteroatoms. The van der Waals surface area contributed by atoms with Crippen molar-refractivity contribution >= 4 is 23.2 Å². The fraction of sp³-hybridized carbons (Fsp3) is 0.118. The molecule has 0 aliphatic heterocycles. The maximum Gasteiger partial charge on any atom is 0.256 e. The minimum atomic E-state index is -1.06. The molecule has 0 unspecified atom stereocenters. The van der Waals surface area contributed by atoms with Gasteiger partial charge < -0.3 is 15.5 Å². The molecule has 0 saturated heterocycles. The summed E-state index contributed by atoms with van der Waals surface area (Å²) in [5.41, 5.74) is 5.27. The van der Waals surface area contributed by atoms with Crippen molar-refractivity contribution < 1.29 is 17.9 Å². The van der Waals surface area contributed by atoms with Gasteiger partial charge in [-0.15, -0.1) is 12.4 Å². The van der Waals surface area contributed by atoms with Gasteiger partial charge in [0.25, 0.3) is 5.56 Å². The molecule has 0 aliphatic rings. The van der Waals surface area contributed by atoms with E-state index < -0.39 is 23.0 Å². The third-order valence-electron chi connectivity index (χ3n) is 3.51. The Morgan fingerprint density at radius 1 is 1.00 bits per heavy atom. The molecule has 1 aromatic heterocycles. The number of hydrogen-bond donors (Lipinski definition) is 2. The Balaban J connectivity index is 0.00000225. The van der Waals surface area contributed by atoms with E-state index >= 15 is 0 Å². The normalized spacial score (nSPS) is 10.6. The molecule has 0 atom stereocenters. The molecule has 3 aromatic rings. The van der Waals surface area contributed by atoms with Gasteiger partial charge in [-0.05, 0) is 36.4 Å². The van der Waals surface area contributed by atoms with E-state index in [1.807, 2.05) is 0 Å². The molecule has 0 aliphatic carbocycles. The third kappa shape index (κ3) is 3.62. The Labute approximate surface area is 146 Å². The molecule has 132 valence electrons. The summed E-state index contributed by atoms with van der Waals surface area (Å²) in [6, 6.07) is 6.88. The second-order valence-electron chi connectivity index (χ2n) is 5.11. The average molecular weight is 371 g/mol. The van der Waals surface area contributed by atoms with E-state index in [0.29, 0.717) is 5.39 Å². The average Bonchev–Trinajstić information content (AvgIpc) is 2.56. The quantitative estimate of drug-likeness (QED) is 0.740. The summed E-state index contributed by atoms with van der Waals surface area (Å²) in [5.74, 6) is -2.41. The Kier molecular flexibility index (Phi) is 5.71. The summed E-state index contributed by atoms with van der Waals surface area (Å²) >= 11 is 0. The van der Waals surface area contributed by atoms with Gasteiger partial charge in [0.15, 0.2) is 17.4 Å². The molecule has 0 fully saturated rings. The Morgan fingerprint density at radius 2 is 1.76 bits per heavy atom. The minimum absolute atomic E-state index is 0. The van der Waals surface area contributed by atoms with Gasteiger partial charge in [0.2, 0.25) is 0 Å². The SMILES string of the molecule is Cl.NCCOc1c(-c2ccc(F)c(F)c2)[nH]c(=O)c2cc(F)ccc12. The molecule has 4 nitrogen and oxygen atoms in total. The zero-order valence-electron chi connectivity index (χ0n) is 12.8. The number of halogens is 4. The van der Waals surface area contributed by atoms with E-state index in [4.69, 9.17) is 10.5 Å². The molecule has 3 rings (SSSR count). The third-order valence-corrected chi connectivity index (χ3v) is 3.51. The lowest BCUT2D eigenvalue weighted by Crippen LogP contribution is -2.15. The van der Waals surface area contributed by atoms with Crippen LogP contribution >= 0.6 is 12.4 Å². The van der Waals surface area contributed by atoms with Crippen LogP contribution in [0, 0.1) is 17.5 Å². The Morgan fingerprint density at radius 3 is 2.44 bits per heavy atom. The molecule has 0 saturated carbocycles. The molecule has 25 heavy (non-hydrogen) atoms. The van der Waals surface area contributed by atoms with Gasteiger partial charge in [-0.25, -0.2) is 13.2 Å². The first-order chi connectivity index (χ1) is 11.5. The number of pyridine rings is 1. The van der Waals surface area contributed by atoms with Gasteiger partial charge in [-0.2, -0.15) is 0 Å². The maximum atomic E-state index is 13.5. The van der Waals surface area contributed by atoms with Gasteiger partial charge in [-0.3, -0.25) is 4.79 Å². The molecule has 2 aromatic carbocycles. The molecule has 3 N–H and O–H groups in total. The van der Waals surface area contributed by atoms with Crippen LogP contribution in [-0.2, 0) is 0 Å². The lowest BCUT2D eigenvalue weighted by Gasteiger charge is -2.14. The summed E-state index contributed by atoms with van der Waals surface area (Å²) in [4.78, 5) is 14.8. The monoisotopic (exact) mass is 370 g/mol. The molecule has 1 heterocycles. The van der Waals surface area contributed by atoms with Crippen molar-refractivity contribution in [3.63, 3.8) is 0 Å². The van der Waals surface area contributed by atoms with Crippen LogP contribution in [0.4, 0.5) is 13.2 Å². The van der Waals surface area contributed by atoms with Crippen LogP contribution in [0.15, 0.2) is 41.2 Å². The number of rotatable bonds is 4. The highest BCUT2D eigenvalue weighted by Gasteiger charge is 2.16. The summed E-state index contributed by atoms with van der Waals surface area (Å²) in [7, 11) is 0. The summed E-state index contributed by atoms with van der Waals surface area (Å²) < 4.78 is 45.7. The van der Waals surface area contributed by atoms with Crippen molar-refractivity contribution in [2.75, 3.05) is 13.2 Å². The van der Waals surface area contributed by atoms with Crippen LogP contribution in [-0.4, -0.2) is 18.1 Å². The van der Waals surface area contributed by atoms with E-state index in [-0.39, 0.29) is 48.0 Å². The van der Waals surface area contributed by atoms with Crippen LogP contribution in [0.25, 0.3) is 22.0 Å². The Bertz CT molecular complexity index is 976. The van der Waals surface area contributed by atoms with Crippen LogP contribution in [0.1, 0.15) is 0 Å². The van der Waals surface area contributed by atoms with Gasteiger partial charge in [0.05, 0.1) is 11.1 Å². The number of ether oxygens (including phenoxy) is 1. The minimum Gasteiger partial charge on any atom is -0.489 e. The zero-order chi connectivity index (χ0) is 17.3. The van der Waals surface area contributed by atoms with Crippen LogP contribution in [0.2, 0.25) is 0 Å². The molecular weight excluding hydrogens is 357 g/mol. The molecule has 0 amide bonds. The topological polar surface area (TPSA) is 68.1 Å². The van der Waals surface area contributed by atoms with E-state index in [0.717, 1.165) is 18.2 Å². The van der Waals surface area contributed by atoms with E-state index in [1.165, 1.54) is 18.2 Å². The van der Waals surface area contributed by atoms with E-state index in [9.17, 15) is 18.0 Å². The number of aromatic nitrogens is 1. The highest BCUT2D eigenvalue weighted by molar-refractivity contribution is 5.93. The van der Waals surface area contributed by atoms with Crippen molar-refractivity contribution in [3.8, 4) is 17.0 Å². The predicted molar refractivity (Wildman–Crippen MR) is 91.7 cm³/mol. The zero-order valence-corrected chi connectivity index (χ0v) is 13.6. The fourth-order valence-corrected chi connectivity index (χ4v) is 2.44. The Hall–Kier alpha value is -2.51. The summed E-state index contributed by atoms with van der Waals surface area (Å²) in [6.07, 6.45) is 0. The largest absolute Gasteiger partial charge is 0.489 e. The van der Waals surface area contributed by atoms with E-state index in [1.54, 1.807) is 0 Å². The highest BCUT2D eigenvalue weighted by atomic mass is 35.5. The van der Waals surface area contributed by atoms with Crippen molar-refractivity contribution in [2.45, 2.75) is 0 Å². The first-order valence-electron chi connectivity index (χ1n) is 7.15. The molecule has 0 bridgehead atoms. The van der Waals surface area contributed by atoms with Gasteiger partial charge >= 0.3 is 0 Å². The smallest absolute Gasteiger partial charge is 0.256 e. The van der Waals surface area contributed by atoms with Crippen molar-refractivity contribution in [2.24, 2.45) is 5.73 Å². The number of hydrogen-bond acceptors (Lipinski definition) is 3. The molecular formula is C17H14ClF3N2O2. The van der Waals surface area contributed by atoms with Gasteiger partial charge in [0, 0.05) is 17.5 Å².